The molecule has 0 amide bonds. The predicted molar refractivity (Wildman–Crippen MR) is 113 cm³/mol. The summed E-state index contributed by atoms with van der Waals surface area (Å²) in [5, 5.41) is 0.428. The van der Waals surface area contributed by atoms with Gasteiger partial charge in [-0.15, -0.1) is 0 Å². The van der Waals surface area contributed by atoms with Gasteiger partial charge in [-0.25, -0.2) is 13.2 Å². The number of furan rings is 1. The molecule has 0 aliphatic rings. The summed E-state index contributed by atoms with van der Waals surface area (Å²) in [5.74, 6) is 0.314. The summed E-state index contributed by atoms with van der Waals surface area (Å²) in [5.41, 5.74) is 0.897. The molecule has 0 saturated carbocycles. The molecular weight excluding hydrogens is 426 g/mol. The van der Waals surface area contributed by atoms with Crippen molar-refractivity contribution in [2.24, 2.45) is 0 Å². The van der Waals surface area contributed by atoms with Gasteiger partial charge in [0.2, 0.25) is 0 Å². The van der Waals surface area contributed by atoms with Crippen LogP contribution >= 0.6 is 0 Å². The lowest BCUT2D eigenvalue weighted by Crippen LogP contribution is -2.14. The number of fused-ring (bicyclic) bond motifs is 1. The standard InChI is InChI=1S/C21H23NO8S/c1-13-20(21(23)29-10-9-26-2)16-11-14(5-7-17(16)30-13)22-31(24,25)19-12-15(27-3)6-8-18(19)28-4/h5-8,11-12,22H,9-10H2,1-4H3. The number of nitrogens with one attached hydrogen (secondary N) is 1. The lowest BCUT2D eigenvalue weighted by Gasteiger charge is -2.13. The summed E-state index contributed by atoms with van der Waals surface area (Å²) in [4.78, 5) is 12.4. The van der Waals surface area contributed by atoms with Crippen molar-refractivity contribution in [1.82, 2.24) is 0 Å². The second-order valence-corrected chi connectivity index (χ2v) is 8.15. The number of anilines is 1. The van der Waals surface area contributed by atoms with Gasteiger partial charge in [-0.05, 0) is 37.3 Å². The lowest BCUT2D eigenvalue weighted by molar-refractivity contribution is 0.0388. The van der Waals surface area contributed by atoms with Gasteiger partial charge in [-0.2, -0.15) is 0 Å². The van der Waals surface area contributed by atoms with Crippen LogP contribution < -0.4 is 14.2 Å². The van der Waals surface area contributed by atoms with Crippen molar-refractivity contribution in [3.63, 3.8) is 0 Å². The Bertz CT molecular complexity index is 1200. The molecule has 0 aliphatic heterocycles. The van der Waals surface area contributed by atoms with Gasteiger partial charge in [0.15, 0.2) is 0 Å². The number of esters is 1. The van der Waals surface area contributed by atoms with Crippen LogP contribution in [-0.2, 0) is 19.5 Å². The van der Waals surface area contributed by atoms with Crippen LogP contribution in [0.1, 0.15) is 16.1 Å². The second-order valence-electron chi connectivity index (χ2n) is 6.50. The maximum atomic E-state index is 13.0. The van der Waals surface area contributed by atoms with Crippen molar-refractivity contribution in [3.8, 4) is 11.5 Å². The van der Waals surface area contributed by atoms with E-state index < -0.39 is 16.0 Å². The number of hydrogen-bond donors (Lipinski definition) is 1. The SMILES string of the molecule is COCCOC(=O)c1c(C)oc2ccc(NS(=O)(=O)c3cc(OC)ccc3OC)cc12. The zero-order valence-corrected chi connectivity index (χ0v) is 18.4. The highest BCUT2D eigenvalue weighted by molar-refractivity contribution is 7.92. The fraction of sp³-hybridized carbons (Fsp3) is 0.286. The molecule has 1 N–H and O–H groups in total. The van der Waals surface area contributed by atoms with E-state index in [0.717, 1.165) is 0 Å². The van der Waals surface area contributed by atoms with Gasteiger partial charge in [0.25, 0.3) is 10.0 Å². The second kappa shape index (κ2) is 9.27. The Hall–Kier alpha value is -3.24. The fourth-order valence-corrected chi connectivity index (χ4v) is 4.27. The molecule has 9 nitrogen and oxygen atoms in total. The van der Waals surface area contributed by atoms with Crippen LogP contribution in [0.25, 0.3) is 11.0 Å². The highest BCUT2D eigenvalue weighted by Gasteiger charge is 2.23. The number of carbonyl (C=O) groups excluding carboxylic acids is 1. The predicted octanol–water partition coefficient (Wildman–Crippen LogP) is 3.36. The molecule has 2 aromatic carbocycles. The summed E-state index contributed by atoms with van der Waals surface area (Å²) in [6.07, 6.45) is 0. The Morgan fingerprint density at radius 2 is 1.81 bits per heavy atom. The number of carbonyl (C=O) groups is 1. The molecule has 0 aliphatic carbocycles. The Labute approximate surface area is 179 Å². The van der Waals surface area contributed by atoms with Crippen LogP contribution in [0.2, 0.25) is 0 Å². The van der Waals surface area contributed by atoms with Gasteiger partial charge in [0, 0.05) is 24.2 Å². The summed E-state index contributed by atoms with van der Waals surface area (Å²) in [6, 6.07) is 9.09. The summed E-state index contributed by atoms with van der Waals surface area (Å²) >= 11 is 0. The van der Waals surface area contributed by atoms with E-state index in [9.17, 15) is 13.2 Å². The molecule has 0 spiro atoms. The molecule has 0 bridgehead atoms. The molecule has 0 radical (unpaired) electrons. The summed E-state index contributed by atoms with van der Waals surface area (Å²) in [6.45, 7) is 1.98. The van der Waals surface area contributed by atoms with Crippen LogP contribution in [0.15, 0.2) is 45.7 Å². The van der Waals surface area contributed by atoms with E-state index in [2.05, 4.69) is 4.72 Å². The van der Waals surface area contributed by atoms with Crippen molar-refractivity contribution in [2.75, 3.05) is 39.3 Å². The van der Waals surface area contributed by atoms with Crippen LogP contribution in [0.4, 0.5) is 5.69 Å². The monoisotopic (exact) mass is 449 g/mol. The third-order valence-corrected chi connectivity index (χ3v) is 5.90. The number of hydrogen-bond acceptors (Lipinski definition) is 8. The first-order valence-electron chi connectivity index (χ1n) is 9.24. The first-order chi connectivity index (χ1) is 14.8. The largest absolute Gasteiger partial charge is 0.497 e. The third kappa shape index (κ3) is 4.75. The molecule has 0 atom stereocenters. The van der Waals surface area contributed by atoms with Crippen molar-refractivity contribution in [1.29, 1.82) is 0 Å². The highest BCUT2D eigenvalue weighted by Crippen LogP contribution is 2.32. The Morgan fingerprint density at radius 1 is 1.03 bits per heavy atom. The molecule has 166 valence electrons. The molecule has 0 saturated heterocycles. The van der Waals surface area contributed by atoms with E-state index >= 15 is 0 Å². The average Bonchev–Trinajstić information content (AvgIpc) is 3.08. The molecule has 31 heavy (non-hydrogen) atoms. The van der Waals surface area contributed by atoms with Gasteiger partial charge in [-0.3, -0.25) is 4.72 Å². The smallest absolute Gasteiger partial charge is 0.342 e. The maximum Gasteiger partial charge on any atom is 0.342 e. The molecule has 0 fully saturated rings. The summed E-state index contributed by atoms with van der Waals surface area (Å²) < 4.78 is 54.5. The number of ether oxygens (including phenoxy) is 4. The minimum atomic E-state index is -4.02. The first-order valence-corrected chi connectivity index (χ1v) is 10.7. The number of aryl methyl sites for hydroxylation is 1. The lowest BCUT2D eigenvalue weighted by atomic mass is 10.1. The van der Waals surface area contributed by atoms with Gasteiger partial charge in [0.05, 0.1) is 20.8 Å². The average molecular weight is 449 g/mol. The van der Waals surface area contributed by atoms with Crippen LogP contribution in [0.3, 0.4) is 0 Å². The fourth-order valence-electron chi connectivity index (χ4n) is 3.03. The van der Waals surface area contributed by atoms with Crippen molar-refractivity contribution < 1.29 is 36.6 Å². The van der Waals surface area contributed by atoms with Crippen molar-refractivity contribution in [2.45, 2.75) is 11.8 Å². The van der Waals surface area contributed by atoms with E-state index in [0.29, 0.717) is 22.5 Å². The minimum absolute atomic E-state index is 0.0861. The quantitative estimate of drug-likeness (QED) is 0.391. The topological polar surface area (TPSA) is 113 Å². The molecule has 10 heteroatoms. The maximum absolute atomic E-state index is 13.0. The van der Waals surface area contributed by atoms with Gasteiger partial charge < -0.3 is 23.4 Å². The third-order valence-electron chi connectivity index (χ3n) is 4.50. The van der Waals surface area contributed by atoms with E-state index in [1.165, 1.54) is 45.6 Å². The molecule has 0 unspecified atom stereocenters. The molecule has 1 heterocycles. The van der Waals surface area contributed by atoms with E-state index in [1.807, 2.05) is 0 Å². The van der Waals surface area contributed by atoms with Gasteiger partial charge in [0.1, 0.15) is 39.9 Å². The first kappa shape index (κ1) is 22.4. The van der Waals surface area contributed by atoms with Gasteiger partial charge in [-0.1, -0.05) is 0 Å². The van der Waals surface area contributed by atoms with Crippen molar-refractivity contribution >= 4 is 32.6 Å². The van der Waals surface area contributed by atoms with Crippen LogP contribution in [-0.4, -0.2) is 48.9 Å². The Morgan fingerprint density at radius 3 is 2.48 bits per heavy atom. The van der Waals surface area contributed by atoms with Crippen LogP contribution in [0, 0.1) is 6.92 Å². The van der Waals surface area contributed by atoms with E-state index in [4.69, 9.17) is 23.4 Å². The zero-order chi connectivity index (χ0) is 22.6. The Kier molecular flexibility index (Phi) is 6.71. The molecular formula is C21H23NO8S. The molecule has 1 aromatic heterocycles. The van der Waals surface area contributed by atoms with Crippen molar-refractivity contribution in [3.05, 3.63) is 47.7 Å². The Balaban J connectivity index is 1.97. The molecule has 3 rings (SSSR count). The normalized spacial score (nSPS) is 11.4. The number of sulfonamides is 1. The number of methoxy groups -OCH3 is 3. The number of benzene rings is 2. The minimum Gasteiger partial charge on any atom is -0.497 e. The zero-order valence-electron chi connectivity index (χ0n) is 17.6. The van der Waals surface area contributed by atoms with Crippen LogP contribution in [0.5, 0.6) is 11.5 Å². The highest BCUT2D eigenvalue weighted by atomic mass is 32.2. The van der Waals surface area contributed by atoms with E-state index in [1.54, 1.807) is 19.1 Å². The van der Waals surface area contributed by atoms with Gasteiger partial charge >= 0.3 is 5.97 Å². The van der Waals surface area contributed by atoms with E-state index in [-0.39, 0.29) is 35.1 Å². The number of rotatable bonds is 9. The molecule has 3 aromatic rings. The summed E-state index contributed by atoms with van der Waals surface area (Å²) in [7, 11) is 0.299.